The van der Waals surface area contributed by atoms with Crippen LogP contribution in [-0.4, -0.2) is 42.9 Å². The van der Waals surface area contributed by atoms with Crippen molar-refractivity contribution in [3.05, 3.63) is 0 Å². The number of nitrogens with zero attached hydrogens (tertiary/aromatic N) is 1. The normalized spacial score (nSPS) is 22.3. The Morgan fingerprint density at radius 3 is 2.75 bits per heavy atom. The summed E-state index contributed by atoms with van der Waals surface area (Å²) in [5.41, 5.74) is 4.65. The predicted octanol–water partition coefficient (Wildman–Crippen LogP) is -0.292. The molecule has 5 nitrogen and oxygen atoms in total. The molecule has 1 rings (SSSR count). The first kappa shape index (κ1) is 13.0. The van der Waals surface area contributed by atoms with Gasteiger partial charge in [-0.15, -0.1) is 0 Å². The van der Waals surface area contributed by atoms with Gasteiger partial charge in [-0.05, 0) is 33.7 Å². The fourth-order valence-electron chi connectivity index (χ4n) is 1.92. The van der Waals surface area contributed by atoms with Crippen LogP contribution in [0.1, 0.15) is 26.7 Å². The molecule has 1 heterocycles. The highest BCUT2D eigenvalue weighted by atomic mass is 16.2. The number of primary amides is 1. The number of nitrogens with one attached hydrogen (secondary N) is 1. The fraction of sp³-hybridized carbons (Fsp3) is 0.818. The lowest BCUT2D eigenvalue weighted by atomic mass is 9.90. The Hall–Kier alpha value is -1.10. The minimum absolute atomic E-state index is 0.0723. The maximum atomic E-state index is 12.0. The number of rotatable bonds is 4. The Kier molecular flexibility index (Phi) is 3.91. The molecule has 0 spiro atoms. The molecule has 0 aromatic carbocycles. The first-order valence-corrected chi connectivity index (χ1v) is 5.64. The van der Waals surface area contributed by atoms with E-state index < -0.39 is 5.41 Å². The largest absolute Gasteiger partial charge is 0.369 e. The maximum absolute atomic E-state index is 12.0. The molecule has 92 valence electrons. The summed E-state index contributed by atoms with van der Waals surface area (Å²) >= 11 is 0. The second-order valence-electron chi connectivity index (χ2n) is 4.99. The fourth-order valence-corrected chi connectivity index (χ4v) is 1.92. The minimum Gasteiger partial charge on any atom is -0.369 e. The number of hydrogen-bond donors (Lipinski definition) is 2. The van der Waals surface area contributed by atoms with Gasteiger partial charge in [-0.1, -0.05) is 0 Å². The maximum Gasteiger partial charge on any atom is 0.239 e. The van der Waals surface area contributed by atoms with Gasteiger partial charge in [-0.3, -0.25) is 9.59 Å². The number of nitrogens with two attached hydrogens (primary N) is 1. The third kappa shape index (κ3) is 2.72. The van der Waals surface area contributed by atoms with E-state index in [1.807, 2.05) is 0 Å². The van der Waals surface area contributed by atoms with Gasteiger partial charge in [0.2, 0.25) is 11.8 Å². The zero-order valence-corrected chi connectivity index (χ0v) is 10.2. The van der Waals surface area contributed by atoms with Crippen molar-refractivity contribution in [2.24, 2.45) is 11.1 Å². The number of hydrogen-bond acceptors (Lipinski definition) is 3. The highest BCUT2D eigenvalue weighted by Crippen LogP contribution is 2.20. The van der Waals surface area contributed by atoms with Crippen LogP contribution in [0.2, 0.25) is 0 Å². The molecule has 1 saturated heterocycles. The van der Waals surface area contributed by atoms with Crippen LogP contribution in [0.4, 0.5) is 0 Å². The SMILES string of the molecule is CNC1CCCN(CC(C)(C)C(N)=O)C1=O. The lowest BCUT2D eigenvalue weighted by Crippen LogP contribution is -2.53. The van der Waals surface area contributed by atoms with Gasteiger partial charge in [0.1, 0.15) is 0 Å². The zero-order valence-electron chi connectivity index (χ0n) is 10.2. The van der Waals surface area contributed by atoms with Crippen molar-refractivity contribution >= 4 is 11.8 Å². The molecule has 1 atom stereocenters. The molecule has 1 aliphatic rings. The number of likely N-dealkylation sites (tertiary alicyclic amines) is 1. The van der Waals surface area contributed by atoms with Crippen LogP contribution < -0.4 is 11.1 Å². The monoisotopic (exact) mass is 227 g/mol. The van der Waals surface area contributed by atoms with E-state index in [1.54, 1.807) is 25.8 Å². The molecular weight excluding hydrogens is 206 g/mol. The zero-order chi connectivity index (χ0) is 12.3. The van der Waals surface area contributed by atoms with E-state index >= 15 is 0 Å². The van der Waals surface area contributed by atoms with Gasteiger partial charge in [-0.2, -0.15) is 0 Å². The summed E-state index contributed by atoms with van der Waals surface area (Å²) in [6, 6.07) is -0.113. The number of amides is 2. The van der Waals surface area contributed by atoms with Crippen molar-refractivity contribution in [2.75, 3.05) is 20.1 Å². The van der Waals surface area contributed by atoms with Crippen LogP contribution in [0.3, 0.4) is 0 Å². The van der Waals surface area contributed by atoms with Crippen LogP contribution in [0.5, 0.6) is 0 Å². The molecule has 0 saturated carbocycles. The second kappa shape index (κ2) is 4.82. The van der Waals surface area contributed by atoms with E-state index in [4.69, 9.17) is 5.73 Å². The molecule has 1 unspecified atom stereocenters. The summed E-state index contributed by atoms with van der Waals surface area (Å²) in [5.74, 6) is -0.296. The highest BCUT2D eigenvalue weighted by molar-refractivity contribution is 5.84. The van der Waals surface area contributed by atoms with E-state index in [0.717, 1.165) is 12.8 Å². The third-order valence-electron chi connectivity index (χ3n) is 3.13. The van der Waals surface area contributed by atoms with Gasteiger partial charge in [0.15, 0.2) is 0 Å². The number of carbonyl (C=O) groups is 2. The van der Waals surface area contributed by atoms with Crippen molar-refractivity contribution in [3.8, 4) is 0 Å². The molecule has 1 aliphatic heterocycles. The van der Waals surface area contributed by atoms with Crippen LogP contribution in [0.15, 0.2) is 0 Å². The summed E-state index contributed by atoms with van der Waals surface area (Å²) in [6.45, 7) is 4.66. The van der Waals surface area contributed by atoms with E-state index in [1.165, 1.54) is 0 Å². The van der Waals surface area contributed by atoms with Crippen molar-refractivity contribution in [3.63, 3.8) is 0 Å². The molecule has 2 amide bonds. The van der Waals surface area contributed by atoms with Crippen LogP contribution in [0, 0.1) is 5.41 Å². The molecule has 5 heteroatoms. The first-order chi connectivity index (χ1) is 7.38. The van der Waals surface area contributed by atoms with Crippen LogP contribution in [0.25, 0.3) is 0 Å². The molecule has 0 aromatic heterocycles. The average molecular weight is 227 g/mol. The molecule has 3 N–H and O–H groups in total. The first-order valence-electron chi connectivity index (χ1n) is 5.64. The Labute approximate surface area is 96.4 Å². The summed E-state index contributed by atoms with van der Waals surface area (Å²) < 4.78 is 0. The van der Waals surface area contributed by atoms with Gasteiger partial charge in [0, 0.05) is 13.1 Å². The lowest BCUT2D eigenvalue weighted by molar-refractivity contribution is -0.139. The van der Waals surface area contributed by atoms with E-state index in [0.29, 0.717) is 13.1 Å². The topological polar surface area (TPSA) is 75.4 Å². The summed E-state index contributed by atoms with van der Waals surface area (Å²) in [6.07, 6.45) is 1.83. The Morgan fingerprint density at radius 1 is 1.62 bits per heavy atom. The van der Waals surface area contributed by atoms with Gasteiger partial charge < -0.3 is 16.0 Å². The Morgan fingerprint density at radius 2 is 2.25 bits per heavy atom. The quantitative estimate of drug-likeness (QED) is 0.693. The Balaban J connectivity index is 2.67. The third-order valence-corrected chi connectivity index (χ3v) is 3.13. The molecular formula is C11H21N3O2. The van der Waals surface area contributed by atoms with Gasteiger partial charge in [-0.25, -0.2) is 0 Å². The average Bonchev–Trinajstić information content (AvgIpc) is 2.20. The molecule has 16 heavy (non-hydrogen) atoms. The van der Waals surface area contributed by atoms with Crippen molar-refractivity contribution < 1.29 is 9.59 Å². The minimum atomic E-state index is -0.661. The van der Waals surface area contributed by atoms with Gasteiger partial charge in [0.05, 0.1) is 11.5 Å². The standard InChI is InChI=1S/C11H21N3O2/c1-11(2,10(12)16)7-14-6-4-5-8(13-3)9(14)15/h8,13H,4-7H2,1-3H3,(H2,12,16). The molecule has 0 bridgehead atoms. The second-order valence-corrected chi connectivity index (χ2v) is 4.99. The smallest absolute Gasteiger partial charge is 0.239 e. The summed E-state index contributed by atoms with van der Waals surface area (Å²) in [7, 11) is 1.78. The van der Waals surface area contributed by atoms with Gasteiger partial charge in [0.25, 0.3) is 0 Å². The summed E-state index contributed by atoms with van der Waals surface area (Å²) in [5, 5.41) is 2.99. The summed E-state index contributed by atoms with van der Waals surface area (Å²) in [4.78, 5) is 24.9. The molecule has 1 fully saturated rings. The van der Waals surface area contributed by atoms with Crippen molar-refractivity contribution in [2.45, 2.75) is 32.7 Å². The van der Waals surface area contributed by atoms with E-state index in [2.05, 4.69) is 5.32 Å². The van der Waals surface area contributed by atoms with Gasteiger partial charge >= 0.3 is 0 Å². The van der Waals surface area contributed by atoms with Crippen molar-refractivity contribution in [1.29, 1.82) is 0 Å². The van der Waals surface area contributed by atoms with Crippen molar-refractivity contribution in [1.82, 2.24) is 10.2 Å². The number of likely N-dealkylation sites (N-methyl/N-ethyl adjacent to an activating group) is 1. The highest BCUT2D eigenvalue weighted by Gasteiger charge is 2.34. The van der Waals surface area contributed by atoms with Crippen LogP contribution in [-0.2, 0) is 9.59 Å². The van der Waals surface area contributed by atoms with E-state index in [-0.39, 0.29) is 17.9 Å². The Bertz CT molecular complexity index is 289. The van der Waals surface area contributed by atoms with E-state index in [9.17, 15) is 9.59 Å². The molecule has 0 aromatic rings. The number of piperidine rings is 1. The molecule has 0 radical (unpaired) electrons. The predicted molar refractivity (Wildman–Crippen MR) is 61.6 cm³/mol. The number of carbonyl (C=O) groups excluding carboxylic acids is 2. The molecule has 0 aliphatic carbocycles. The van der Waals surface area contributed by atoms with Crippen LogP contribution >= 0.6 is 0 Å². The lowest BCUT2D eigenvalue weighted by Gasteiger charge is -2.36.